The van der Waals surface area contributed by atoms with E-state index in [1.165, 1.54) is 6.21 Å². The summed E-state index contributed by atoms with van der Waals surface area (Å²) in [5.41, 5.74) is 5.74. The molecule has 0 aliphatic carbocycles. The minimum atomic E-state index is -0.886. The smallest absolute Gasteiger partial charge is 0.343 e. The molecule has 7 heteroatoms. The van der Waals surface area contributed by atoms with Crippen LogP contribution in [0, 0.1) is 13.8 Å². The largest absolute Gasteiger partial charge is 0.423 e. The van der Waals surface area contributed by atoms with Crippen LogP contribution in [-0.4, -0.2) is 24.0 Å². The molecule has 0 atom stereocenters. The van der Waals surface area contributed by atoms with Crippen molar-refractivity contribution in [1.29, 1.82) is 0 Å². The molecule has 3 aromatic rings. The van der Waals surface area contributed by atoms with Crippen molar-refractivity contribution in [3.63, 3.8) is 0 Å². The van der Waals surface area contributed by atoms with E-state index in [1.807, 2.05) is 38.1 Å². The molecule has 3 aromatic carbocycles. The van der Waals surface area contributed by atoms with Crippen LogP contribution in [0.1, 0.15) is 27.0 Å². The van der Waals surface area contributed by atoms with Gasteiger partial charge in [-0.15, -0.1) is 0 Å². The topological polar surface area (TPSA) is 96.9 Å². The zero-order chi connectivity index (χ0) is 22.2. The number of nitrogens with one attached hydrogen (secondary N) is 2. The predicted octanol–water partition coefficient (Wildman–Crippen LogP) is 3.61. The molecule has 0 aromatic heterocycles. The van der Waals surface area contributed by atoms with Crippen molar-refractivity contribution in [2.45, 2.75) is 13.8 Å². The number of rotatable bonds is 5. The number of aryl methyl sites for hydroxylation is 2. The lowest BCUT2D eigenvalue weighted by Gasteiger charge is -2.06. The molecule has 0 heterocycles. The molecule has 0 saturated carbocycles. The zero-order valence-electron chi connectivity index (χ0n) is 17.1. The lowest BCUT2D eigenvalue weighted by Crippen LogP contribution is -2.32. The summed E-state index contributed by atoms with van der Waals surface area (Å²) in [6.07, 6.45) is 1.38. The minimum absolute atomic E-state index is 0.379. The number of hydrazone groups is 1. The summed E-state index contributed by atoms with van der Waals surface area (Å²) < 4.78 is 5.33. The van der Waals surface area contributed by atoms with Gasteiger partial charge in [0.15, 0.2) is 0 Å². The molecule has 0 saturated heterocycles. The zero-order valence-corrected chi connectivity index (χ0v) is 17.1. The number of nitrogens with zero attached hydrogens (tertiary/aromatic N) is 1. The van der Waals surface area contributed by atoms with Crippen LogP contribution in [0.4, 0.5) is 5.69 Å². The van der Waals surface area contributed by atoms with Gasteiger partial charge in [0.05, 0.1) is 11.8 Å². The second kappa shape index (κ2) is 9.98. The molecule has 0 aliphatic heterocycles. The number of benzene rings is 3. The molecule has 0 spiro atoms. The van der Waals surface area contributed by atoms with E-state index < -0.39 is 17.8 Å². The maximum absolute atomic E-state index is 12.1. The van der Waals surface area contributed by atoms with Crippen LogP contribution in [0.3, 0.4) is 0 Å². The highest BCUT2D eigenvalue weighted by Crippen LogP contribution is 2.14. The van der Waals surface area contributed by atoms with E-state index in [4.69, 9.17) is 4.74 Å². The van der Waals surface area contributed by atoms with Crippen molar-refractivity contribution < 1.29 is 19.1 Å². The van der Waals surface area contributed by atoms with Crippen LogP contribution < -0.4 is 15.5 Å². The Balaban J connectivity index is 1.51. The van der Waals surface area contributed by atoms with Crippen LogP contribution in [0.25, 0.3) is 0 Å². The molecule has 3 rings (SSSR count). The van der Waals surface area contributed by atoms with Crippen LogP contribution in [-0.2, 0) is 9.59 Å². The van der Waals surface area contributed by atoms with Crippen molar-refractivity contribution in [2.24, 2.45) is 5.10 Å². The maximum atomic E-state index is 12.1. The second-order valence-corrected chi connectivity index (χ2v) is 6.79. The number of carbonyl (C=O) groups is 3. The molecule has 156 valence electrons. The monoisotopic (exact) mass is 415 g/mol. The Morgan fingerprint density at radius 2 is 1.52 bits per heavy atom. The van der Waals surface area contributed by atoms with Crippen molar-refractivity contribution in [3.05, 3.63) is 95.1 Å². The van der Waals surface area contributed by atoms with Crippen LogP contribution >= 0.6 is 0 Å². The summed E-state index contributed by atoms with van der Waals surface area (Å²) in [5, 5.41) is 6.31. The molecule has 31 heavy (non-hydrogen) atoms. The summed E-state index contributed by atoms with van der Waals surface area (Å²) in [5.74, 6) is -1.77. The molecular weight excluding hydrogens is 394 g/mol. The van der Waals surface area contributed by atoms with Gasteiger partial charge < -0.3 is 10.1 Å². The molecular formula is C24H21N3O4. The quantitative estimate of drug-likeness (QED) is 0.219. The van der Waals surface area contributed by atoms with E-state index in [2.05, 4.69) is 15.8 Å². The van der Waals surface area contributed by atoms with Gasteiger partial charge in [-0.25, -0.2) is 10.2 Å². The minimum Gasteiger partial charge on any atom is -0.423 e. The van der Waals surface area contributed by atoms with E-state index in [-0.39, 0.29) is 0 Å². The van der Waals surface area contributed by atoms with Crippen molar-refractivity contribution >= 4 is 29.7 Å². The van der Waals surface area contributed by atoms with Gasteiger partial charge in [-0.3, -0.25) is 9.59 Å². The summed E-state index contributed by atoms with van der Waals surface area (Å²) in [7, 11) is 0. The average molecular weight is 415 g/mol. The van der Waals surface area contributed by atoms with Gasteiger partial charge in [0.25, 0.3) is 0 Å². The number of esters is 1. The standard InChI is InChI=1S/C24H21N3O4/c1-16-7-11-19(12-8-16)24(30)31-20-13-9-18(10-14-20)15-25-27-23(29)22(28)26-21-6-4-3-5-17(21)2/h3-15H,1-2H3,(H,26,28)(H,27,29)/b25-15-. The second-order valence-electron chi connectivity index (χ2n) is 6.79. The van der Waals surface area contributed by atoms with Crippen LogP contribution in [0.15, 0.2) is 77.9 Å². The summed E-state index contributed by atoms with van der Waals surface area (Å²) in [6.45, 7) is 3.77. The van der Waals surface area contributed by atoms with Gasteiger partial charge in [-0.1, -0.05) is 35.9 Å². The van der Waals surface area contributed by atoms with Crippen LogP contribution in [0.5, 0.6) is 5.75 Å². The Hall–Kier alpha value is -4.26. The Kier molecular flexibility index (Phi) is 6.90. The number of hydrogen-bond acceptors (Lipinski definition) is 5. The fraction of sp³-hybridized carbons (Fsp3) is 0.0833. The Labute approximate surface area is 179 Å². The third kappa shape index (κ3) is 6.11. The third-order valence-corrected chi connectivity index (χ3v) is 4.36. The summed E-state index contributed by atoms with van der Waals surface area (Å²) >= 11 is 0. The van der Waals surface area contributed by atoms with Crippen LogP contribution in [0.2, 0.25) is 0 Å². The molecule has 0 aliphatic rings. The number of carbonyl (C=O) groups excluding carboxylic acids is 3. The van der Waals surface area contributed by atoms with Crippen molar-refractivity contribution in [3.8, 4) is 5.75 Å². The number of ether oxygens (including phenoxy) is 1. The van der Waals surface area contributed by atoms with Gasteiger partial charge in [0.1, 0.15) is 5.75 Å². The molecule has 2 amide bonds. The number of amides is 2. The Morgan fingerprint density at radius 3 is 2.19 bits per heavy atom. The van der Waals surface area contributed by atoms with Crippen molar-refractivity contribution in [2.75, 3.05) is 5.32 Å². The van der Waals surface area contributed by atoms with E-state index in [1.54, 1.807) is 48.5 Å². The molecule has 0 bridgehead atoms. The molecule has 2 N–H and O–H groups in total. The predicted molar refractivity (Wildman–Crippen MR) is 118 cm³/mol. The lowest BCUT2D eigenvalue weighted by atomic mass is 10.1. The van der Waals surface area contributed by atoms with Gasteiger partial charge in [0.2, 0.25) is 0 Å². The fourth-order valence-electron chi connectivity index (χ4n) is 2.59. The first-order valence-corrected chi connectivity index (χ1v) is 9.51. The number of para-hydroxylation sites is 1. The third-order valence-electron chi connectivity index (χ3n) is 4.36. The highest BCUT2D eigenvalue weighted by molar-refractivity contribution is 6.39. The van der Waals surface area contributed by atoms with Gasteiger partial charge in [-0.2, -0.15) is 5.10 Å². The molecule has 0 radical (unpaired) electrons. The normalized spacial score (nSPS) is 10.5. The van der Waals surface area contributed by atoms with Gasteiger partial charge in [0, 0.05) is 5.69 Å². The van der Waals surface area contributed by atoms with Gasteiger partial charge in [-0.05, 0) is 67.4 Å². The fourth-order valence-corrected chi connectivity index (χ4v) is 2.59. The average Bonchev–Trinajstić information content (AvgIpc) is 2.77. The highest BCUT2D eigenvalue weighted by atomic mass is 16.5. The Bertz CT molecular complexity index is 1120. The first kappa shape index (κ1) is 21.4. The Morgan fingerprint density at radius 1 is 0.839 bits per heavy atom. The lowest BCUT2D eigenvalue weighted by molar-refractivity contribution is -0.136. The van der Waals surface area contributed by atoms with E-state index >= 15 is 0 Å². The van der Waals surface area contributed by atoms with E-state index in [0.717, 1.165) is 11.1 Å². The van der Waals surface area contributed by atoms with Gasteiger partial charge >= 0.3 is 17.8 Å². The number of hydrogen-bond donors (Lipinski definition) is 2. The maximum Gasteiger partial charge on any atom is 0.343 e. The molecule has 0 unspecified atom stereocenters. The first-order valence-electron chi connectivity index (χ1n) is 9.51. The van der Waals surface area contributed by atoms with Crippen molar-refractivity contribution in [1.82, 2.24) is 5.43 Å². The first-order chi connectivity index (χ1) is 14.9. The molecule has 7 nitrogen and oxygen atoms in total. The van der Waals surface area contributed by atoms with E-state index in [0.29, 0.717) is 22.6 Å². The SMILES string of the molecule is Cc1ccc(C(=O)Oc2ccc(/C=N\NC(=O)C(=O)Nc3ccccc3C)cc2)cc1. The summed E-state index contributed by atoms with van der Waals surface area (Å²) in [4.78, 5) is 36.0. The summed E-state index contributed by atoms with van der Waals surface area (Å²) in [6, 6.07) is 20.8. The molecule has 0 fully saturated rings. The number of anilines is 1. The van der Waals surface area contributed by atoms with E-state index in [9.17, 15) is 14.4 Å². The highest BCUT2D eigenvalue weighted by Gasteiger charge is 2.13.